The van der Waals surface area contributed by atoms with Gasteiger partial charge in [0.05, 0.1) is 0 Å². The predicted octanol–water partition coefficient (Wildman–Crippen LogP) is 1.42. The zero-order chi connectivity index (χ0) is 11.5. The van der Waals surface area contributed by atoms with Crippen LogP contribution < -0.4 is 11.2 Å². The Labute approximate surface area is 99.5 Å². The van der Waals surface area contributed by atoms with Crippen molar-refractivity contribution in [2.45, 2.75) is 6.42 Å². The number of aromatic amines is 2. The van der Waals surface area contributed by atoms with E-state index in [9.17, 15) is 9.59 Å². The highest BCUT2D eigenvalue weighted by Gasteiger charge is 2.06. The Morgan fingerprint density at radius 3 is 2.44 bits per heavy atom. The molecule has 5 heteroatoms. The number of aromatic nitrogens is 2. The van der Waals surface area contributed by atoms with Crippen molar-refractivity contribution >= 4 is 15.9 Å². The lowest BCUT2D eigenvalue weighted by molar-refractivity contribution is 0.938. The average Bonchev–Trinajstić information content (AvgIpc) is 2.27. The monoisotopic (exact) mass is 280 g/mol. The van der Waals surface area contributed by atoms with Gasteiger partial charge in [-0.3, -0.25) is 9.78 Å². The van der Waals surface area contributed by atoms with Crippen molar-refractivity contribution in [1.29, 1.82) is 0 Å². The molecule has 2 aromatic rings. The van der Waals surface area contributed by atoms with E-state index in [4.69, 9.17) is 0 Å². The fraction of sp³-hybridized carbons (Fsp3) is 0.0909. The second-order valence-corrected chi connectivity index (χ2v) is 4.16. The molecule has 0 bridgehead atoms. The Morgan fingerprint density at radius 1 is 1.06 bits per heavy atom. The molecule has 0 saturated heterocycles. The van der Waals surface area contributed by atoms with E-state index in [-0.39, 0.29) is 0 Å². The first-order valence-electron chi connectivity index (χ1n) is 4.72. The van der Waals surface area contributed by atoms with Crippen LogP contribution in [-0.2, 0) is 6.42 Å². The Balaban J connectivity index is 2.43. The molecule has 1 heterocycles. The van der Waals surface area contributed by atoms with E-state index in [1.807, 2.05) is 30.3 Å². The molecule has 0 unspecified atom stereocenters. The zero-order valence-electron chi connectivity index (χ0n) is 8.29. The van der Waals surface area contributed by atoms with Crippen LogP contribution in [0.4, 0.5) is 0 Å². The highest BCUT2D eigenvalue weighted by Crippen LogP contribution is 2.12. The molecule has 2 N–H and O–H groups in total. The maximum atomic E-state index is 11.3. The van der Waals surface area contributed by atoms with Crippen molar-refractivity contribution in [1.82, 2.24) is 9.97 Å². The maximum absolute atomic E-state index is 11.3. The first kappa shape index (κ1) is 10.9. The Bertz CT molecular complexity index is 601. The van der Waals surface area contributed by atoms with Gasteiger partial charge in [0.25, 0.3) is 5.56 Å². The van der Waals surface area contributed by atoms with Gasteiger partial charge in [-0.05, 0) is 21.5 Å². The Morgan fingerprint density at radius 2 is 1.75 bits per heavy atom. The third-order valence-electron chi connectivity index (χ3n) is 2.18. The number of halogens is 1. The largest absolute Gasteiger partial charge is 0.325 e. The summed E-state index contributed by atoms with van der Waals surface area (Å²) in [5.41, 5.74) is 0.721. The summed E-state index contributed by atoms with van der Waals surface area (Å²) >= 11 is 3.16. The van der Waals surface area contributed by atoms with E-state index in [1.54, 1.807) is 0 Å². The number of benzene rings is 1. The minimum absolute atomic E-state index is 0.371. The minimum Gasteiger partial charge on any atom is -0.310 e. The van der Waals surface area contributed by atoms with Crippen LogP contribution in [0.1, 0.15) is 11.3 Å². The van der Waals surface area contributed by atoms with Gasteiger partial charge in [0.15, 0.2) is 0 Å². The van der Waals surface area contributed by atoms with Crippen molar-refractivity contribution < 1.29 is 0 Å². The van der Waals surface area contributed by atoms with E-state index in [2.05, 4.69) is 25.9 Å². The van der Waals surface area contributed by atoms with Crippen molar-refractivity contribution in [3.63, 3.8) is 0 Å². The number of nitrogens with one attached hydrogen (secondary N) is 2. The summed E-state index contributed by atoms with van der Waals surface area (Å²) in [6.45, 7) is 0. The fourth-order valence-electron chi connectivity index (χ4n) is 1.44. The summed E-state index contributed by atoms with van der Waals surface area (Å²) in [5, 5.41) is 0. The summed E-state index contributed by atoms with van der Waals surface area (Å²) in [6, 6.07) is 9.61. The lowest BCUT2D eigenvalue weighted by atomic mass is 10.1. The van der Waals surface area contributed by atoms with Crippen molar-refractivity contribution in [2.24, 2.45) is 0 Å². The lowest BCUT2D eigenvalue weighted by Gasteiger charge is -2.03. The SMILES string of the molecule is O=c1[nH]c(Cc2ccccc2)c(Br)c(=O)[nH]1. The molecule has 16 heavy (non-hydrogen) atoms. The molecule has 1 aromatic heterocycles. The van der Waals surface area contributed by atoms with Crippen LogP contribution in [0.3, 0.4) is 0 Å². The molecule has 0 aliphatic rings. The van der Waals surface area contributed by atoms with Crippen LogP contribution in [0.25, 0.3) is 0 Å². The topological polar surface area (TPSA) is 65.7 Å². The first-order valence-corrected chi connectivity index (χ1v) is 5.51. The average molecular weight is 281 g/mol. The van der Waals surface area contributed by atoms with Gasteiger partial charge < -0.3 is 4.98 Å². The van der Waals surface area contributed by atoms with Gasteiger partial charge in [0.1, 0.15) is 4.47 Å². The van der Waals surface area contributed by atoms with Gasteiger partial charge in [-0.25, -0.2) is 4.79 Å². The number of hydrogen-bond acceptors (Lipinski definition) is 2. The summed E-state index contributed by atoms with van der Waals surface area (Å²) in [5.74, 6) is 0. The van der Waals surface area contributed by atoms with Crippen LogP contribution in [0, 0.1) is 0 Å². The number of hydrogen-bond donors (Lipinski definition) is 2. The zero-order valence-corrected chi connectivity index (χ0v) is 9.87. The smallest absolute Gasteiger partial charge is 0.310 e. The third-order valence-corrected chi connectivity index (χ3v) is 3.02. The summed E-state index contributed by atoms with van der Waals surface area (Å²) < 4.78 is 0.371. The third kappa shape index (κ3) is 2.30. The number of rotatable bonds is 2. The van der Waals surface area contributed by atoms with Crippen molar-refractivity contribution in [2.75, 3.05) is 0 Å². The van der Waals surface area contributed by atoms with Crippen LogP contribution in [0.5, 0.6) is 0 Å². The summed E-state index contributed by atoms with van der Waals surface area (Å²) in [4.78, 5) is 27.2. The normalized spacial score (nSPS) is 10.3. The van der Waals surface area contributed by atoms with E-state index in [1.165, 1.54) is 0 Å². The minimum atomic E-state index is -0.487. The molecule has 0 aliphatic carbocycles. The molecule has 0 atom stereocenters. The summed E-state index contributed by atoms with van der Waals surface area (Å²) in [6.07, 6.45) is 0.514. The first-order chi connectivity index (χ1) is 7.66. The summed E-state index contributed by atoms with van der Waals surface area (Å²) in [7, 11) is 0. The van der Waals surface area contributed by atoms with E-state index >= 15 is 0 Å². The van der Waals surface area contributed by atoms with Crippen LogP contribution in [0.15, 0.2) is 44.4 Å². The van der Waals surface area contributed by atoms with Gasteiger partial charge in [0, 0.05) is 12.1 Å². The van der Waals surface area contributed by atoms with Crippen molar-refractivity contribution in [3.8, 4) is 0 Å². The van der Waals surface area contributed by atoms with Crippen LogP contribution in [-0.4, -0.2) is 9.97 Å². The molecule has 0 fully saturated rings. The predicted molar refractivity (Wildman–Crippen MR) is 64.6 cm³/mol. The second kappa shape index (κ2) is 4.49. The highest BCUT2D eigenvalue weighted by atomic mass is 79.9. The standard InChI is InChI=1S/C11H9BrN2O2/c12-9-8(13-11(16)14-10(9)15)6-7-4-2-1-3-5-7/h1-5H,6H2,(H2,13,14,15,16). The van der Waals surface area contributed by atoms with Gasteiger partial charge in [-0.2, -0.15) is 0 Å². The van der Waals surface area contributed by atoms with Crippen molar-refractivity contribution in [3.05, 3.63) is 66.9 Å². The molecule has 0 aliphatic heterocycles. The van der Waals surface area contributed by atoms with E-state index < -0.39 is 11.2 Å². The highest BCUT2D eigenvalue weighted by molar-refractivity contribution is 9.10. The second-order valence-electron chi connectivity index (χ2n) is 3.36. The molecular formula is C11H9BrN2O2. The molecule has 0 radical (unpaired) electrons. The lowest BCUT2D eigenvalue weighted by Crippen LogP contribution is -2.25. The molecule has 4 nitrogen and oxygen atoms in total. The Hall–Kier alpha value is -1.62. The Kier molecular flexibility index (Phi) is 3.05. The van der Waals surface area contributed by atoms with Gasteiger partial charge in [0.2, 0.25) is 0 Å². The molecule has 0 spiro atoms. The van der Waals surface area contributed by atoms with E-state index in [0.29, 0.717) is 16.6 Å². The maximum Gasteiger partial charge on any atom is 0.325 e. The van der Waals surface area contributed by atoms with Gasteiger partial charge in [-0.1, -0.05) is 30.3 Å². The van der Waals surface area contributed by atoms with Crippen LogP contribution in [0.2, 0.25) is 0 Å². The molecule has 0 amide bonds. The van der Waals surface area contributed by atoms with Gasteiger partial charge >= 0.3 is 5.69 Å². The molecule has 1 aromatic carbocycles. The molecular weight excluding hydrogens is 272 g/mol. The van der Waals surface area contributed by atoms with Gasteiger partial charge in [-0.15, -0.1) is 0 Å². The quantitative estimate of drug-likeness (QED) is 0.874. The molecule has 82 valence electrons. The molecule has 0 saturated carbocycles. The fourth-order valence-corrected chi connectivity index (χ4v) is 1.78. The molecule has 2 rings (SSSR count). The van der Waals surface area contributed by atoms with E-state index in [0.717, 1.165) is 5.56 Å². The number of H-pyrrole nitrogens is 2. The van der Waals surface area contributed by atoms with Crippen LogP contribution >= 0.6 is 15.9 Å².